The molecule has 1 saturated heterocycles. The van der Waals surface area contributed by atoms with Gasteiger partial charge in [-0.15, -0.1) is 0 Å². The number of halogens is 1. The molecule has 1 aliphatic heterocycles. The number of amides is 1. The first kappa shape index (κ1) is 21.7. The molecule has 1 fully saturated rings. The smallest absolute Gasteiger partial charge is 0.327 e. The lowest BCUT2D eigenvalue weighted by Crippen LogP contribution is -2.39. The third-order valence-corrected chi connectivity index (χ3v) is 5.43. The highest BCUT2D eigenvalue weighted by Crippen LogP contribution is 2.25. The number of rotatable bonds is 6. The summed E-state index contributed by atoms with van der Waals surface area (Å²) in [6.07, 6.45) is 6.33. The first-order chi connectivity index (χ1) is 15.4. The predicted molar refractivity (Wildman–Crippen MR) is 120 cm³/mol. The summed E-state index contributed by atoms with van der Waals surface area (Å²) in [5, 5.41) is 3.03. The minimum atomic E-state index is -0.329. The van der Waals surface area contributed by atoms with Crippen molar-refractivity contribution in [1.29, 1.82) is 0 Å². The van der Waals surface area contributed by atoms with Crippen LogP contribution in [0.2, 0.25) is 0 Å². The summed E-state index contributed by atoms with van der Waals surface area (Å²) in [6.45, 7) is 1.85. The van der Waals surface area contributed by atoms with Gasteiger partial charge < -0.3 is 20.1 Å². The molecule has 2 N–H and O–H groups in total. The number of carbonyl (C=O) groups is 1. The fraction of sp³-hybridized carbons (Fsp3) is 0.364. The summed E-state index contributed by atoms with van der Waals surface area (Å²) in [7, 11) is 3.90. The van der Waals surface area contributed by atoms with E-state index in [1.807, 2.05) is 25.1 Å². The van der Waals surface area contributed by atoms with Crippen molar-refractivity contribution in [3.8, 4) is 0 Å². The third kappa shape index (κ3) is 4.86. The molecule has 0 saturated carbocycles. The fourth-order valence-electron chi connectivity index (χ4n) is 3.79. The lowest BCUT2D eigenvalue weighted by atomic mass is 10.0. The Balaban J connectivity index is 1.49. The topological polar surface area (TPSA) is 99.2 Å². The van der Waals surface area contributed by atoms with Gasteiger partial charge >= 0.3 is 5.69 Å². The van der Waals surface area contributed by atoms with Gasteiger partial charge in [0.1, 0.15) is 11.3 Å². The molecule has 1 aliphatic rings. The van der Waals surface area contributed by atoms with E-state index in [2.05, 4.69) is 20.3 Å². The maximum Gasteiger partial charge on any atom is 0.327 e. The SMILES string of the molecule is CN(C)C/C=C/C(=O)N1CCC(n2c(=O)[nH]c3cnc(Nc4ccc(F)cc4)nc32)CC1. The number of H-pyrrole nitrogens is 1. The molecule has 1 amide bonds. The predicted octanol–water partition coefficient (Wildman–Crippen LogP) is 2.28. The maximum absolute atomic E-state index is 13.1. The molecule has 0 aliphatic carbocycles. The number of likely N-dealkylation sites (N-methyl/N-ethyl adjacent to an activating group) is 1. The average Bonchev–Trinajstić information content (AvgIpc) is 3.10. The summed E-state index contributed by atoms with van der Waals surface area (Å²) in [5.74, 6) is -0.0235. The van der Waals surface area contributed by atoms with Crippen LogP contribution < -0.4 is 11.0 Å². The van der Waals surface area contributed by atoms with Gasteiger partial charge in [-0.25, -0.2) is 14.2 Å². The first-order valence-corrected chi connectivity index (χ1v) is 10.5. The number of benzene rings is 1. The standard InChI is InChI=1S/C22H26FN7O2/c1-28(2)11-3-4-19(31)29-12-9-17(10-13-29)30-20-18(26-22(30)32)14-24-21(27-20)25-16-7-5-15(23)6-8-16/h3-8,14,17H,9-13H2,1-2H3,(H,26,32)(H,24,25,27)/b4-3+. The lowest BCUT2D eigenvalue weighted by Gasteiger charge is -2.31. The van der Waals surface area contributed by atoms with Gasteiger partial charge in [0.25, 0.3) is 0 Å². The Bertz CT molecular complexity index is 1180. The number of hydrogen-bond donors (Lipinski definition) is 2. The molecule has 4 rings (SSSR count). The molecule has 1 aromatic carbocycles. The van der Waals surface area contributed by atoms with Crippen LogP contribution in [0, 0.1) is 5.82 Å². The highest BCUT2D eigenvalue weighted by Gasteiger charge is 2.26. The van der Waals surface area contributed by atoms with E-state index >= 15 is 0 Å². The molecule has 32 heavy (non-hydrogen) atoms. The Hall–Kier alpha value is -3.53. The Morgan fingerprint density at radius 2 is 2.00 bits per heavy atom. The Kier molecular flexibility index (Phi) is 6.31. The van der Waals surface area contributed by atoms with Crippen LogP contribution >= 0.6 is 0 Å². The van der Waals surface area contributed by atoms with Gasteiger partial charge in [-0.3, -0.25) is 9.36 Å². The Labute approximate surface area is 184 Å². The second kappa shape index (κ2) is 9.31. The summed E-state index contributed by atoms with van der Waals surface area (Å²) in [5.41, 5.74) is 1.45. The van der Waals surface area contributed by atoms with Gasteiger partial charge in [-0.2, -0.15) is 4.98 Å². The van der Waals surface area contributed by atoms with Crippen LogP contribution in [0.5, 0.6) is 0 Å². The van der Waals surface area contributed by atoms with Crippen molar-refractivity contribution in [1.82, 2.24) is 29.3 Å². The van der Waals surface area contributed by atoms with Crippen LogP contribution in [-0.4, -0.2) is 69.0 Å². The van der Waals surface area contributed by atoms with Crippen LogP contribution in [0.25, 0.3) is 11.2 Å². The molecule has 0 unspecified atom stereocenters. The Morgan fingerprint density at radius 1 is 1.28 bits per heavy atom. The number of fused-ring (bicyclic) bond motifs is 1. The van der Waals surface area contributed by atoms with Gasteiger partial charge in [0, 0.05) is 37.4 Å². The van der Waals surface area contributed by atoms with Gasteiger partial charge in [-0.05, 0) is 51.2 Å². The quantitative estimate of drug-likeness (QED) is 0.572. The fourth-order valence-corrected chi connectivity index (χ4v) is 3.79. The number of imidazole rings is 1. The number of aromatic nitrogens is 4. The number of carbonyl (C=O) groups excluding carboxylic acids is 1. The first-order valence-electron chi connectivity index (χ1n) is 10.5. The number of piperidine rings is 1. The molecule has 3 aromatic rings. The van der Waals surface area contributed by atoms with Crippen LogP contribution in [0.4, 0.5) is 16.0 Å². The van der Waals surface area contributed by atoms with Crippen molar-refractivity contribution >= 4 is 28.7 Å². The van der Waals surface area contributed by atoms with Crippen molar-refractivity contribution in [2.75, 3.05) is 39.0 Å². The van der Waals surface area contributed by atoms with E-state index in [1.54, 1.807) is 33.9 Å². The lowest BCUT2D eigenvalue weighted by molar-refractivity contribution is -0.127. The number of aromatic amines is 1. The van der Waals surface area contributed by atoms with Crippen LogP contribution in [0.15, 0.2) is 47.4 Å². The van der Waals surface area contributed by atoms with Crippen LogP contribution in [-0.2, 0) is 4.79 Å². The zero-order chi connectivity index (χ0) is 22.7. The van der Waals surface area contributed by atoms with Crippen molar-refractivity contribution in [2.24, 2.45) is 0 Å². The highest BCUT2D eigenvalue weighted by atomic mass is 19.1. The molecule has 2 aromatic heterocycles. The van der Waals surface area contributed by atoms with E-state index < -0.39 is 0 Å². The number of anilines is 2. The van der Waals surface area contributed by atoms with Crippen molar-refractivity contribution in [3.63, 3.8) is 0 Å². The molecule has 0 radical (unpaired) electrons. The Morgan fingerprint density at radius 3 is 2.69 bits per heavy atom. The molecule has 0 spiro atoms. The molecule has 3 heterocycles. The molecule has 168 valence electrons. The van der Waals surface area contributed by atoms with E-state index in [9.17, 15) is 14.0 Å². The molecular weight excluding hydrogens is 413 g/mol. The number of nitrogens with one attached hydrogen (secondary N) is 2. The zero-order valence-electron chi connectivity index (χ0n) is 18.1. The molecule has 0 bridgehead atoms. The molecular formula is C22H26FN7O2. The maximum atomic E-state index is 13.1. The molecule has 9 nitrogen and oxygen atoms in total. The monoisotopic (exact) mass is 439 g/mol. The minimum Gasteiger partial charge on any atom is -0.339 e. The number of likely N-dealkylation sites (tertiary alicyclic amines) is 1. The van der Waals surface area contributed by atoms with Crippen molar-refractivity contribution in [3.05, 3.63) is 58.9 Å². The van der Waals surface area contributed by atoms with E-state index in [1.165, 1.54) is 12.1 Å². The number of hydrogen-bond acceptors (Lipinski definition) is 6. The third-order valence-electron chi connectivity index (χ3n) is 5.43. The van der Waals surface area contributed by atoms with E-state index in [0.29, 0.717) is 55.3 Å². The minimum absolute atomic E-state index is 0.00955. The van der Waals surface area contributed by atoms with Gasteiger partial charge in [0.2, 0.25) is 11.9 Å². The summed E-state index contributed by atoms with van der Waals surface area (Å²) in [6, 6.07) is 5.80. The van der Waals surface area contributed by atoms with Gasteiger partial charge in [0.15, 0.2) is 5.65 Å². The summed E-state index contributed by atoms with van der Waals surface area (Å²) in [4.78, 5) is 40.4. The second-order valence-corrected chi connectivity index (χ2v) is 8.08. The normalized spacial score (nSPS) is 15.2. The summed E-state index contributed by atoms with van der Waals surface area (Å²) >= 11 is 0. The van der Waals surface area contributed by atoms with Crippen molar-refractivity contribution < 1.29 is 9.18 Å². The van der Waals surface area contributed by atoms with Crippen molar-refractivity contribution in [2.45, 2.75) is 18.9 Å². The average molecular weight is 439 g/mol. The van der Waals surface area contributed by atoms with E-state index in [-0.39, 0.29) is 23.5 Å². The highest BCUT2D eigenvalue weighted by molar-refractivity contribution is 5.87. The molecule has 10 heteroatoms. The van der Waals surface area contributed by atoms with Gasteiger partial charge in [0.05, 0.1) is 6.20 Å². The zero-order valence-corrected chi connectivity index (χ0v) is 18.1. The van der Waals surface area contributed by atoms with Gasteiger partial charge in [-0.1, -0.05) is 6.08 Å². The van der Waals surface area contributed by atoms with Crippen LogP contribution in [0.1, 0.15) is 18.9 Å². The van der Waals surface area contributed by atoms with E-state index in [4.69, 9.17) is 0 Å². The summed E-state index contributed by atoms with van der Waals surface area (Å²) < 4.78 is 14.8. The van der Waals surface area contributed by atoms with Crippen LogP contribution in [0.3, 0.4) is 0 Å². The van der Waals surface area contributed by atoms with E-state index in [0.717, 1.165) is 0 Å². The molecule has 0 atom stereocenters. The second-order valence-electron chi connectivity index (χ2n) is 8.08. The largest absolute Gasteiger partial charge is 0.339 e. The number of nitrogens with zero attached hydrogens (tertiary/aromatic N) is 5.